The number of nitrogens with zero attached hydrogens (tertiary/aromatic N) is 3. The van der Waals surface area contributed by atoms with Gasteiger partial charge in [0.15, 0.2) is 5.65 Å². The molecule has 1 N–H and O–H groups in total. The van der Waals surface area contributed by atoms with Gasteiger partial charge in [0, 0.05) is 35.1 Å². The zero-order valence-corrected chi connectivity index (χ0v) is 7.88. The molecule has 0 atom stereocenters. The minimum absolute atomic E-state index is 0.808. The Balaban J connectivity index is 2.19. The Bertz CT molecular complexity index is 586. The van der Waals surface area contributed by atoms with Gasteiger partial charge in [0.25, 0.3) is 0 Å². The molecular formula is C11H8N4. The topological polar surface area (TPSA) is 54.5 Å². The van der Waals surface area contributed by atoms with Gasteiger partial charge < -0.3 is 0 Å². The van der Waals surface area contributed by atoms with Crippen LogP contribution >= 0.6 is 0 Å². The predicted octanol–water partition coefficient (Wildman–Crippen LogP) is 2.02. The van der Waals surface area contributed by atoms with Crippen molar-refractivity contribution in [2.75, 3.05) is 0 Å². The first kappa shape index (κ1) is 8.11. The van der Waals surface area contributed by atoms with Gasteiger partial charge in [-0.15, -0.1) is 0 Å². The van der Waals surface area contributed by atoms with Crippen molar-refractivity contribution >= 4 is 11.0 Å². The number of aromatic amines is 1. The summed E-state index contributed by atoms with van der Waals surface area (Å²) in [6.45, 7) is 0. The van der Waals surface area contributed by atoms with Crippen molar-refractivity contribution in [2.45, 2.75) is 0 Å². The molecule has 4 nitrogen and oxygen atoms in total. The zero-order chi connectivity index (χ0) is 10.1. The molecule has 3 rings (SSSR count). The average molecular weight is 196 g/mol. The van der Waals surface area contributed by atoms with Gasteiger partial charge in [-0.2, -0.15) is 5.10 Å². The van der Waals surface area contributed by atoms with Gasteiger partial charge >= 0.3 is 0 Å². The average Bonchev–Trinajstić information content (AvgIpc) is 2.77. The molecule has 3 aromatic heterocycles. The summed E-state index contributed by atoms with van der Waals surface area (Å²) in [5.74, 6) is 0. The van der Waals surface area contributed by atoms with Crippen molar-refractivity contribution in [3.8, 4) is 11.1 Å². The molecule has 3 aromatic rings. The van der Waals surface area contributed by atoms with Crippen LogP contribution in [0.2, 0.25) is 0 Å². The zero-order valence-electron chi connectivity index (χ0n) is 7.88. The van der Waals surface area contributed by atoms with Crippen LogP contribution in [0.5, 0.6) is 0 Å². The first-order chi connectivity index (χ1) is 7.43. The molecule has 4 heteroatoms. The van der Waals surface area contributed by atoms with Gasteiger partial charge in [-0.05, 0) is 12.1 Å². The van der Waals surface area contributed by atoms with Crippen LogP contribution in [0.25, 0.3) is 22.2 Å². The Hall–Kier alpha value is -2.23. The summed E-state index contributed by atoms with van der Waals surface area (Å²) >= 11 is 0. The highest BCUT2D eigenvalue weighted by molar-refractivity contribution is 5.79. The molecule has 15 heavy (non-hydrogen) atoms. The SMILES string of the molecule is c1cncc(-c2cnc3[nH]ncc3c2)c1. The highest BCUT2D eigenvalue weighted by Gasteiger charge is 2.01. The normalized spacial score (nSPS) is 10.7. The maximum absolute atomic E-state index is 4.27. The predicted molar refractivity (Wildman–Crippen MR) is 57.1 cm³/mol. The second kappa shape index (κ2) is 3.16. The van der Waals surface area contributed by atoms with E-state index < -0.39 is 0 Å². The van der Waals surface area contributed by atoms with Crippen LogP contribution in [0.3, 0.4) is 0 Å². The molecule has 0 unspecified atom stereocenters. The maximum Gasteiger partial charge on any atom is 0.155 e. The number of hydrogen-bond acceptors (Lipinski definition) is 3. The van der Waals surface area contributed by atoms with Crippen molar-refractivity contribution in [3.05, 3.63) is 43.0 Å². The third kappa shape index (κ3) is 1.36. The van der Waals surface area contributed by atoms with E-state index in [0.29, 0.717) is 0 Å². The third-order valence-electron chi connectivity index (χ3n) is 2.29. The summed E-state index contributed by atoms with van der Waals surface area (Å²) in [5.41, 5.74) is 2.92. The Morgan fingerprint density at radius 1 is 1.07 bits per heavy atom. The van der Waals surface area contributed by atoms with Crippen molar-refractivity contribution in [3.63, 3.8) is 0 Å². The van der Waals surface area contributed by atoms with E-state index in [9.17, 15) is 0 Å². The van der Waals surface area contributed by atoms with Gasteiger partial charge in [-0.25, -0.2) is 4.98 Å². The molecule has 0 amide bonds. The molecule has 0 bridgehead atoms. The van der Waals surface area contributed by atoms with Gasteiger partial charge in [0.05, 0.1) is 6.20 Å². The Labute approximate surface area is 86.0 Å². The fourth-order valence-corrected chi connectivity index (χ4v) is 1.53. The van der Waals surface area contributed by atoms with Crippen molar-refractivity contribution in [1.29, 1.82) is 0 Å². The molecule has 0 aliphatic rings. The van der Waals surface area contributed by atoms with Gasteiger partial charge in [0.2, 0.25) is 0 Å². The van der Waals surface area contributed by atoms with Crippen molar-refractivity contribution in [1.82, 2.24) is 20.2 Å². The summed E-state index contributed by atoms with van der Waals surface area (Å²) in [6, 6.07) is 5.97. The molecule has 0 aliphatic carbocycles. The highest BCUT2D eigenvalue weighted by atomic mass is 15.1. The Morgan fingerprint density at radius 2 is 2.07 bits per heavy atom. The lowest BCUT2D eigenvalue weighted by Crippen LogP contribution is -1.82. The Kier molecular flexibility index (Phi) is 1.71. The first-order valence-corrected chi connectivity index (χ1v) is 4.63. The van der Waals surface area contributed by atoms with Crippen molar-refractivity contribution < 1.29 is 0 Å². The fraction of sp³-hybridized carbons (Fsp3) is 0. The molecule has 0 radical (unpaired) electrons. The highest BCUT2D eigenvalue weighted by Crippen LogP contribution is 2.20. The van der Waals surface area contributed by atoms with Crippen LogP contribution in [0.4, 0.5) is 0 Å². The number of fused-ring (bicyclic) bond motifs is 1. The number of H-pyrrole nitrogens is 1. The van der Waals surface area contributed by atoms with Crippen LogP contribution in [-0.2, 0) is 0 Å². The van der Waals surface area contributed by atoms with E-state index in [4.69, 9.17) is 0 Å². The molecule has 0 aliphatic heterocycles. The second-order valence-corrected chi connectivity index (χ2v) is 3.27. The van der Waals surface area contributed by atoms with Gasteiger partial charge in [-0.3, -0.25) is 10.1 Å². The lowest BCUT2D eigenvalue weighted by atomic mass is 10.1. The molecular weight excluding hydrogens is 188 g/mol. The van der Waals surface area contributed by atoms with E-state index in [-0.39, 0.29) is 0 Å². The van der Waals surface area contributed by atoms with E-state index in [0.717, 1.165) is 22.2 Å². The molecule has 0 saturated carbocycles. The summed E-state index contributed by atoms with van der Waals surface area (Å²) < 4.78 is 0. The Morgan fingerprint density at radius 3 is 2.93 bits per heavy atom. The van der Waals surface area contributed by atoms with Crippen LogP contribution in [0, 0.1) is 0 Å². The fourth-order valence-electron chi connectivity index (χ4n) is 1.53. The maximum atomic E-state index is 4.27. The number of aromatic nitrogens is 4. The number of pyridine rings is 2. The summed E-state index contributed by atoms with van der Waals surface area (Å²) in [6.07, 6.45) is 7.16. The third-order valence-corrected chi connectivity index (χ3v) is 2.29. The van der Waals surface area contributed by atoms with Crippen LogP contribution in [0.1, 0.15) is 0 Å². The first-order valence-electron chi connectivity index (χ1n) is 4.63. The lowest BCUT2D eigenvalue weighted by Gasteiger charge is -1.99. The van der Waals surface area contributed by atoms with Gasteiger partial charge in [0.1, 0.15) is 0 Å². The summed E-state index contributed by atoms with van der Waals surface area (Å²) in [5, 5.41) is 7.76. The van der Waals surface area contributed by atoms with Crippen LogP contribution < -0.4 is 0 Å². The molecule has 0 aromatic carbocycles. The van der Waals surface area contributed by atoms with E-state index in [2.05, 4.69) is 20.2 Å². The minimum atomic E-state index is 0.808. The van der Waals surface area contributed by atoms with Crippen LogP contribution in [-0.4, -0.2) is 20.2 Å². The van der Waals surface area contributed by atoms with E-state index in [1.807, 2.05) is 30.6 Å². The van der Waals surface area contributed by atoms with E-state index >= 15 is 0 Å². The minimum Gasteiger partial charge on any atom is -0.264 e. The van der Waals surface area contributed by atoms with E-state index in [1.165, 1.54) is 0 Å². The van der Waals surface area contributed by atoms with Gasteiger partial charge in [-0.1, -0.05) is 6.07 Å². The summed E-state index contributed by atoms with van der Waals surface area (Å²) in [4.78, 5) is 8.35. The smallest absolute Gasteiger partial charge is 0.155 e. The quantitative estimate of drug-likeness (QED) is 0.647. The number of nitrogens with one attached hydrogen (secondary N) is 1. The molecule has 0 fully saturated rings. The molecule has 3 heterocycles. The summed E-state index contributed by atoms with van der Waals surface area (Å²) in [7, 11) is 0. The monoisotopic (exact) mass is 196 g/mol. The standard InChI is InChI=1S/C11H8N4/c1-2-8(5-12-3-1)9-4-10-7-14-15-11(10)13-6-9/h1-7H,(H,13,14,15). The molecule has 72 valence electrons. The number of hydrogen-bond donors (Lipinski definition) is 1. The molecule has 0 saturated heterocycles. The lowest BCUT2D eigenvalue weighted by molar-refractivity contribution is 1.10. The van der Waals surface area contributed by atoms with Crippen molar-refractivity contribution in [2.24, 2.45) is 0 Å². The van der Waals surface area contributed by atoms with Crippen LogP contribution in [0.15, 0.2) is 43.0 Å². The largest absolute Gasteiger partial charge is 0.264 e. The number of rotatable bonds is 1. The second-order valence-electron chi connectivity index (χ2n) is 3.27. The molecule has 0 spiro atoms. The van der Waals surface area contributed by atoms with E-state index in [1.54, 1.807) is 12.4 Å².